The van der Waals surface area contributed by atoms with Crippen molar-refractivity contribution in [3.8, 4) is 0 Å². The van der Waals surface area contributed by atoms with Gasteiger partial charge < -0.3 is 19.8 Å². The summed E-state index contributed by atoms with van der Waals surface area (Å²) in [6.07, 6.45) is 86.0. The van der Waals surface area contributed by atoms with Crippen molar-refractivity contribution in [1.29, 1.82) is 0 Å². The van der Waals surface area contributed by atoms with Crippen molar-refractivity contribution >= 4 is 13.7 Å². The van der Waals surface area contributed by atoms with Crippen LogP contribution in [-0.4, -0.2) is 73.4 Å². The van der Waals surface area contributed by atoms with Crippen LogP contribution in [-0.2, 0) is 18.4 Å². The van der Waals surface area contributed by atoms with E-state index in [-0.39, 0.29) is 19.1 Å². The van der Waals surface area contributed by atoms with E-state index in [1.165, 1.54) is 315 Å². The molecule has 0 heterocycles. The fourth-order valence-corrected chi connectivity index (χ4v) is 11.9. The van der Waals surface area contributed by atoms with Crippen LogP contribution in [0.15, 0.2) is 36.5 Å². The molecule has 0 bridgehead atoms. The minimum atomic E-state index is -4.36. The highest BCUT2D eigenvalue weighted by Gasteiger charge is 2.28. The van der Waals surface area contributed by atoms with E-state index in [0.29, 0.717) is 17.4 Å². The lowest BCUT2D eigenvalue weighted by Gasteiger charge is -2.25. The van der Waals surface area contributed by atoms with Gasteiger partial charge in [0.2, 0.25) is 5.91 Å². The van der Waals surface area contributed by atoms with Gasteiger partial charge in [0.05, 0.1) is 39.9 Å². The number of quaternary nitrogens is 1. The average molecular weight is 1180 g/mol. The quantitative estimate of drug-likeness (QED) is 0.0243. The Balaban J connectivity index is 4.01. The Hall–Kier alpha value is -1.28. The first-order chi connectivity index (χ1) is 40.0. The number of likely N-dealkylation sites (N-methyl/N-ethyl adjacent to an activating group) is 1. The number of carbonyl (C=O) groups is 1. The highest BCUT2D eigenvalue weighted by atomic mass is 31.2. The molecule has 0 aliphatic heterocycles. The van der Waals surface area contributed by atoms with Crippen molar-refractivity contribution in [3.05, 3.63) is 36.5 Å². The molecule has 0 saturated heterocycles. The number of aliphatic hydroxyl groups excluding tert-OH is 1. The number of amides is 1. The predicted molar refractivity (Wildman–Crippen MR) is 360 cm³/mol. The summed E-state index contributed by atoms with van der Waals surface area (Å²) in [5, 5.41) is 14.0. The van der Waals surface area contributed by atoms with Gasteiger partial charge in [-0.1, -0.05) is 346 Å². The molecule has 0 radical (unpaired) electrons. The predicted octanol–water partition coefficient (Wildman–Crippen LogP) is 23.2. The van der Waals surface area contributed by atoms with E-state index >= 15 is 0 Å². The summed E-state index contributed by atoms with van der Waals surface area (Å²) in [6, 6.07) is -0.863. The number of nitrogens with zero attached hydrogens (tertiary/aromatic N) is 1. The first kappa shape index (κ1) is 80.7. The van der Waals surface area contributed by atoms with Gasteiger partial charge in [0, 0.05) is 6.42 Å². The summed E-state index contributed by atoms with van der Waals surface area (Å²) in [7, 11) is 1.57. The van der Waals surface area contributed by atoms with Gasteiger partial charge in [0.1, 0.15) is 13.2 Å². The zero-order chi connectivity index (χ0) is 59.8. The van der Waals surface area contributed by atoms with Crippen LogP contribution in [0.25, 0.3) is 0 Å². The number of hydrogen-bond acceptors (Lipinski definition) is 5. The summed E-state index contributed by atoms with van der Waals surface area (Å²) in [6.45, 7) is 4.85. The fourth-order valence-electron chi connectivity index (χ4n) is 11.2. The monoisotopic (exact) mass is 1180 g/mol. The Morgan fingerprint density at radius 1 is 0.402 bits per heavy atom. The molecule has 3 N–H and O–H groups in total. The number of nitrogens with one attached hydrogen (secondary N) is 1. The van der Waals surface area contributed by atoms with Crippen molar-refractivity contribution in [2.45, 2.75) is 386 Å². The maximum atomic E-state index is 13.1. The maximum Gasteiger partial charge on any atom is 0.472 e. The molecule has 9 heteroatoms. The second-order valence-electron chi connectivity index (χ2n) is 26.3. The van der Waals surface area contributed by atoms with Crippen LogP contribution in [0.4, 0.5) is 0 Å². The molecule has 0 spiro atoms. The van der Waals surface area contributed by atoms with Crippen LogP contribution >= 0.6 is 7.82 Å². The lowest BCUT2D eigenvalue weighted by molar-refractivity contribution is -0.870. The van der Waals surface area contributed by atoms with Gasteiger partial charge in [-0.3, -0.25) is 13.8 Å². The molecule has 0 aromatic carbocycles. The summed E-state index contributed by atoms with van der Waals surface area (Å²) < 4.78 is 23.8. The van der Waals surface area contributed by atoms with Gasteiger partial charge in [-0.05, 0) is 57.8 Å². The number of rotatable bonds is 68. The van der Waals surface area contributed by atoms with Crippen molar-refractivity contribution < 1.29 is 32.9 Å². The molecular formula is C73H144N2O6P+. The summed E-state index contributed by atoms with van der Waals surface area (Å²) in [5.74, 6) is -0.179. The normalized spacial score (nSPS) is 13.8. The van der Waals surface area contributed by atoms with Crippen molar-refractivity contribution in [1.82, 2.24) is 5.32 Å². The Morgan fingerprint density at radius 3 is 0.976 bits per heavy atom. The summed E-state index contributed by atoms with van der Waals surface area (Å²) in [5.41, 5.74) is 0. The van der Waals surface area contributed by atoms with E-state index in [1.807, 2.05) is 27.2 Å². The number of aliphatic hydroxyl groups is 1. The van der Waals surface area contributed by atoms with Gasteiger partial charge in [-0.2, -0.15) is 0 Å². The highest BCUT2D eigenvalue weighted by Crippen LogP contribution is 2.43. The fraction of sp³-hybridized carbons (Fsp3) is 0.904. The van der Waals surface area contributed by atoms with Crippen LogP contribution < -0.4 is 5.32 Å². The lowest BCUT2D eigenvalue weighted by Crippen LogP contribution is -2.45. The topological polar surface area (TPSA) is 105 Å². The molecule has 8 nitrogen and oxygen atoms in total. The van der Waals surface area contributed by atoms with Gasteiger partial charge in [0.15, 0.2) is 0 Å². The molecule has 486 valence electrons. The van der Waals surface area contributed by atoms with Crippen LogP contribution in [0.3, 0.4) is 0 Å². The molecule has 1 amide bonds. The molecule has 0 saturated carbocycles. The van der Waals surface area contributed by atoms with E-state index in [2.05, 4.69) is 43.5 Å². The second-order valence-corrected chi connectivity index (χ2v) is 27.8. The van der Waals surface area contributed by atoms with Crippen LogP contribution in [0, 0.1) is 0 Å². The van der Waals surface area contributed by atoms with Gasteiger partial charge in [-0.25, -0.2) is 4.57 Å². The number of carbonyl (C=O) groups excluding carboxylic acids is 1. The zero-order valence-corrected chi connectivity index (χ0v) is 56.7. The molecule has 3 atom stereocenters. The van der Waals surface area contributed by atoms with E-state index in [0.717, 1.165) is 38.5 Å². The molecule has 0 fully saturated rings. The number of unbranched alkanes of at least 4 members (excludes halogenated alkanes) is 51. The average Bonchev–Trinajstić information content (AvgIpc) is 3.45. The van der Waals surface area contributed by atoms with Crippen molar-refractivity contribution in [3.63, 3.8) is 0 Å². The number of hydrogen-bond donors (Lipinski definition) is 3. The van der Waals surface area contributed by atoms with Gasteiger partial charge in [0.25, 0.3) is 0 Å². The first-order valence-electron chi connectivity index (χ1n) is 36.4. The molecular weight excluding hydrogens is 1030 g/mol. The van der Waals surface area contributed by atoms with E-state index in [4.69, 9.17) is 9.05 Å². The smallest absolute Gasteiger partial charge is 0.387 e. The second kappa shape index (κ2) is 64.2. The molecule has 0 aromatic heterocycles. The minimum Gasteiger partial charge on any atom is -0.387 e. The van der Waals surface area contributed by atoms with Crippen molar-refractivity contribution in [2.24, 2.45) is 0 Å². The largest absolute Gasteiger partial charge is 0.472 e. The van der Waals surface area contributed by atoms with Crippen molar-refractivity contribution in [2.75, 3.05) is 40.9 Å². The van der Waals surface area contributed by atoms with Gasteiger partial charge in [-0.15, -0.1) is 0 Å². The number of allylic oxidation sites excluding steroid dienone is 5. The Morgan fingerprint density at radius 2 is 0.671 bits per heavy atom. The summed E-state index contributed by atoms with van der Waals surface area (Å²) >= 11 is 0. The Labute approximate surface area is 512 Å². The molecule has 0 aliphatic carbocycles. The SMILES string of the molecule is CCCCCCCCCC/C=C\CCCCCCCCCCCCCCCCCCCCCCCCCC(=O)NC(COP(=O)(O)OCC[N+](C)(C)C)C(O)/C=C/CC/C=C/CCCCCCCCCCCCCCCCCCCCC. The standard InChI is InChI=1S/C73H143N2O6P/c1-6-8-10-12-14-16-18-20-22-24-26-28-30-32-33-34-35-36-37-38-39-40-41-43-45-47-49-51-53-55-57-59-61-63-65-67-73(77)74-71(70-81-82(78,79)80-69-68-75(3,4)5)72(76)66-64-62-60-58-56-54-52-50-48-46-44-42-31-29-27-25-23-21-19-17-15-13-11-9-7-2/h24,26,56,58,64,66,71-72,76H,6-23,25,27-55,57,59-63,65,67-70H2,1-5H3,(H-,74,77,78,79)/p+1/b26-24-,58-56+,66-64+. The molecule has 0 rings (SSSR count). The zero-order valence-electron chi connectivity index (χ0n) is 55.8. The number of phosphoric ester groups is 1. The van der Waals surface area contributed by atoms with E-state index < -0.39 is 20.0 Å². The van der Waals surface area contributed by atoms with Gasteiger partial charge >= 0.3 is 7.82 Å². The Kier molecular flexibility index (Phi) is 63.2. The third kappa shape index (κ3) is 66.2. The molecule has 82 heavy (non-hydrogen) atoms. The van der Waals surface area contributed by atoms with Crippen LogP contribution in [0.5, 0.6) is 0 Å². The first-order valence-corrected chi connectivity index (χ1v) is 37.9. The van der Waals surface area contributed by atoms with Crippen LogP contribution in [0.1, 0.15) is 373 Å². The molecule has 3 unspecified atom stereocenters. The minimum absolute atomic E-state index is 0.0583. The maximum absolute atomic E-state index is 13.1. The molecule has 0 aliphatic rings. The number of phosphoric acid groups is 1. The lowest BCUT2D eigenvalue weighted by atomic mass is 10.0. The van der Waals surface area contributed by atoms with E-state index in [1.54, 1.807) is 6.08 Å². The van der Waals surface area contributed by atoms with Crippen LogP contribution in [0.2, 0.25) is 0 Å². The Bertz CT molecular complexity index is 1430. The highest BCUT2D eigenvalue weighted by molar-refractivity contribution is 7.47. The third-order valence-electron chi connectivity index (χ3n) is 16.8. The molecule has 0 aromatic rings. The summed E-state index contributed by atoms with van der Waals surface area (Å²) in [4.78, 5) is 23.4. The third-order valence-corrected chi connectivity index (χ3v) is 17.8. The van der Waals surface area contributed by atoms with E-state index in [9.17, 15) is 19.4 Å².